The van der Waals surface area contributed by atoms with Crippen LogP contribution in [-0.4, -0.2) is 69.8 Å². The molecule has 9 heteroatoms. The lowest BCUT2D eigenvalue weighted by atomic mass is 9.96. The summed E-state index contributed by atoms with van der Waals surface area (Å²) in [5.74, 6) is -0.0184. The minimum Gasteiger partial charge on any atom is -0.379 e. The van der Waals surface area contributed by atoms with E-state index in [2.05, 4.69) is 56.0 Å². The van der Waals surface area contributed by atoms with Crippen LogP contribution in [0.1, 0.15) is 58.7 Å². The number of benzene rings is 1. The zero-order valence-corrected chi connectivity index (χ0v) is 25.5. The van der Waals surface area contributed by atoms with Crippen molar-refractivity contribution in [3.63, 3.8) is 0 Å². The first kappa shape index (κ1) is 29.2. The molecule has 0 unspecified atom stereocenters. The maximum Gasteiger partial charge on any atom is 0.226 e. The smallest absolute Gasteiger partial charge is 0.226 e. The first-order valence-corrected chi connectivity index (χ1v) is 15.0. The molecule has 3 aromatic rings. The molecule has 2 N–H and O–H groups in total. The molecule has 2 fully saturated rings. The van der Waals surface area contributed by atoms with Crippen LogP contribution < -0.4 is 10.6 Å². The molecule has 218 valence electrons. The summed E-state index contributed by atoms with van der Waals surface area (Å²) in [6, 6.07) is 14.2. The number of nitrogens with zero attached hydrogens (tertiary/aromatic N) is 4. The van der Waals surface area contributed by atoms with Gasteiger partial charge in [-0.2, -0.15) is 0 Å². The van der Waals surface area contributed by atoms with Crippen molar-refractivity contribution in [2.24, 2.45) is 0 Å². The van der Waals surface area contributed by atoms with Gasteiger partial charge in [-0.15, -0.1) is 0 Å². The van der Waals surface area contributed by atoms with Crippen LogP contribution in [0, 0.1) is 27.7 Å². The minimum absolute atomic E-state index is 0.0184. The molecule has 5 rings (SSSR count). The number of pyridine rings is 1. The van der Waals surface area contributed by atoms with Gasteiger partial charge in [-0.05, 0) is 87.3 Å². The summed E-state index contributed by atoms with van der Waals surface area (Å²) in [6.45, 7) is 14.7. The predicted octanol–water partition coefficient (Wildman–Crippen LogP) is 4.84. The van der Waals surface area contributed by atoms with E-state index in [4.69, 9.17) is 17.0 Å². The Bertz CT molecular complexity index is 1370. The van der Waals surface area contributed by atoms with Gasteiger partial charge in [-0.1, -0.05) is 18.2 Å². The van der Waals surface area contributed by atoms with Crippen LogP contribution in [0.3, 0.4) is 0 Å². The average Bonchev–Trinajstić information content (AvgIpc) is 3.45. The number of ether oxygens (including phenoxy) is 1. The summed E-state index contributed by atoms with van der Waals surface area (Å²) < 4.78 is 7.93. The summed E-state index contributed by atoms with van der Waals surface area (Å²) in [7, 11) is 0. The third-order valence-corrected chi connectivity index (χ3v) is 8.69. The number of nitrogens with one attached hydrogen (secondary N) is 2. The average molecular weight is 575 g/mol. The van der Waals surface area contributed by atoms with Gasteiger partial charge in [-0.25, -0.2) is 0 Å². The monoisotopic (exact) mass is 574 g/mol. The number of aryl methyl sites for hydroxylation is 3. The molecule has 0 bridgehead atoms. The molecule has 1 amide bonds. The molecule has 0 aliphatic carbocycles. The zero-order valence-electron chi connectivity index (χ0n) is 24.7. The van der Waals surface area contributed by atoms with Crippen LogP contribution >= 0.6 is 12.2 Å². The number of rotatable bonds is 10. The summed E-state index contributed by atoms with van der Waals surface area (Å²) in [6.07, 6.45) is 3.24. The fourth-order valence-electron chi connectivity index (χ4n) is 6.04. The Labute approximate surface area is 249 Å². The lowest BCUT2D eigenvalue weighted by Gasteiger charge is -2.28. The molecule has 0 spiro atoms. The van der Waals surface area contributed by atoms with E-state index >= 15 is 0 Å². The van der Waals surface area contributed by atoms with Crippen molar-refractivity contribution >= 4 is 28.9 Å². The number of hydrogen-bond donors (Lipinski definition) is 2. The third kappa shape index (κ3) is 6.80. The van der Waals surface area contributed by atoms with E-state index in [0.717, 1.165) is 68.3 Å². The van der Waals surface area contributed by atoms with Crippen LogP contribution in [0.15, 0.2) is 48.7 Å². The molecular formula is C32H42N6O2S. The topological polar surface area (TPSA) is 74.7 Å². The molecule has 8 nitrogen and oxygen atoms in total. The zero-order chi connectivity index (χ0) is 28.9. The Morgan fingerprint density at radius 3 is 2.63 bits per heavy atom. The van der Waals surface area contributed by atoms with Gasteiger partial charge in [0.2, 0.25) is 5.91 Å². The number of thiocarbonyl (C=S) groups is 1. The van der Waals surface area contributed by atoms with Crippen LogP contribution in [0.4, 0.5) is 5.69 Å². The van der Waals surface area contributed by atoms with Crippen molar-refractivity contribution in [1.82, 2.24) is 24.7 Å². The van der Waals surface area contributed by atoms with Crippen molar-refractivity contribution in [2.75, 3.05) is 44.7 Å². The lowest BCUT2D eigenvalue weighted by molar-refractivity contribution is -0.116. The van der Waals surface area contributed by atoms with Crippen LogP contribution in [0.2, 0.25) is 0 Å². The fraction of sp³-hybridized carbons (Fsp3) is 0.469. The quantitative estimate of drug-likeness (QED) is 0.336. The van der Waals surface area contributed by atoms with Gasteiger partial charge in [0.05, 0.1) is 31.0 Å². The number of carbonyl (C=O) groups excluding carboxylic acids is 1. The second-order valence-electron chi connectivity index (χ2n) is 11.2. The first-order valence-electron chi connectivity index (χ1n) is 14.6. The summed E-state index contributed by atoms with van der Waals surface area (Å²) >= 11 is 5.87. The second-order valence-corrected chi connectivity index (χ2v) is 11.6. The Kier molecular flexibility index (Phi) is 9.37. The molecule has 0 saturated carbocycles. The van der Waals surface area contributed by atoms with E-state index in [1.54, 1.807) is 0 Å². The Hall–Kier alpha value is -3.27. The van der Waals surface area contributed by atoms with Gasteiger partial charge in [0, 0.05) is 62.4 Å². The number of morpholine rings is 1. The molecule has 4 heterocycles. The standard InChI is InChI=1S/C32H42N6O2S/c1-22-9-10-23(2)28(20-22)34-29(39)11-15-38-31(30(35-32(38)41)27-8-5-6-12-33-27)26-21-24(3)37(25(26)4)14-7-13-36-16-18-40-19-17-36/h5-6,8-10,12,20-21,30-31H,7,11,13-19H2,1-4H3,(H,34,39)(H,35,41)/t30-,31-/m1/s1. The Morgan fingerprint density at radius 2 is 1.88 bits per heavy atom. The highest BCUT2D eigenvalue weighted by atomic mass is 32.1. The Morgan fingerprint density at radius 1 is 1.07 bits per heavy atom. The number of amides is 1. The number of carbonyl (C=O) groups is 1. The van der Waals surface area contributed by atoms with Gasteiger partial charge in [0.15, 0.2) is 5.11 Å². The highest BCUT2D eigenvalue weighted by Crippen LogP contribution is 2.41. The third-order valence-electron chi connectivity index (χ3n) is 8.34. The predicted molar refractivity (Wildman–Crippen MR) is 167 cm³/mol. The molecule has 41 heavy (non-hydrogen) atoms. The van der Waals surface area contributed by atoms with Crippen molar-refractivity contribution in [2.45, 2.75) is 59.2 Å². The van der Waals surface area contributed by atoms with Crippen molar-refractivity contribution in [3.8, 4) is 0 Å². The van der Waals surface area contributed by atoms with Crippen LogP contribution in [-0.2, 0) is 16.1 Å². The molecular weight excluding hydrogens is 532 g/mol. The van der Waals surface area contributed by atoms with E-state index in [9.17, 15) is 4.79 Å². The molecule has 1 aromatic carbocycles. The normalized spacial score (nSPS) is 19.4. The maximum atomic E-state index is 13.1. The van der Waals surface area contributed by atoms with Gasteiger partial charge in [0.25, 0.3) is 0 Å². The van der Waals surface area contributed by atoms with Crippen LogP contribution in [0.25, 0.3) is 0 Å². The van der Waals surface area contributed by atoms with Gasteiger partial charge in [-0.3, -0.25) is 14.7 Å². The highest BCUT2D eigenvalue weighted by molar-refractivity contribution is 7.80. The summed E-state index contributed by atoms with van der Waals surface area (Å²) in [5.41, 5.74) is 7.69. The molecule has 2 aliphatic rings. The maximum absolute atomic E-state index is 13.1. The van der Waals surface area contributed by atoms with E-state index < -0.39 is 0 Å². The number of aromatic nitrogens is 2. The van der Waals surface area contributed by atoms with Crippen LogP contribution in [0.5, 0.6) is 0 Å². The summed E-state index contributed by atoms with van der Waals surface area (Å²) in [4.78, 5) is 22.4. The number of hydrogen-bond acceptors (Lipinski definition) is 5. The van der Waals surface area contributed by atoms with E-state index in [0.29, 0.717) is 18.1 Å². The first-order chi connectivity index (χ1) is 19.8. The molecule has 2 atom stereocenters. The fourth-order valence-corrected chi connectivity index (χ4v) is 6.37. The lowest BCUT2D eigenvalue weighted by Crippen LogP contribution is -2.37. The highest BCUT2D eigenvalue weighted by Gasteiger charge is 2.41. The number of anilines is 1. The van der Waals surface area contributed by atoms with Crippen molar-refractivity contribution < 1.29 is 9.53 Å². The molecule has 2 saturated heterocycles. The van der Waals surface area contributed by atoms with Crippen molar-refractivity contribution in [3.05, 3.63) is 82.4 Å². The van der Waals surface area contributed by atoms with Crippen molar-refractivity contribution in [1.29, 1.82) is 0 Å². The molecule has 2 aliphatic heterocycles. The minimum atomic E-state index is -0.104. The van der Waals surface area contributed by atoms with Gasteiger partial charge in [0.1, 0.15) is 0 Å². The Balaban J connectivity index is 1.35. The van der Waals surface area contributed by atoms with E-state index in [1.807, 2.05) is 50.4 Å². The second kappa shape index (κ2) is 13.1. The van der Waals surface area contributed by atoms with E-state index in [1.165, 1.54) is 17.0 Å². The van der Waals surface area contributed by atoms with Gasteiger partial charge < -0.3 is 24.8 Å². The van der Waals surface area contributed by atoms with E-state index in [-0.39, 0.29) is 18.0 Å². The van der Waals surface area contributed by atoms with Gasteiger partial charge >= 0.3 is 0 Å². The molecule has 2 aromatic heterocycles. The summed E-state index contributed by atoms with van der Waals surface area (Å²) in [5, 5.41) is 7.30. The largest absolute Gasteiger partial charge is 0.379 e. The molecule has 0 radical (unpaired) electrons. The SMILES string of the molecule is Cc1ccc(C)c(NC(=O)CCN2C(=S)N[C@H](c3ccccn3)[C@H]2c2cc(C)n(CCCN3CCOCC3)c2C)c1.